The van der Waals surface area contributed by atoms with Crippen molar-refractivity contribution in [2.45, 2.75) is 0 Å². The molecule has 0 aliphatic rings. The van der Waals surface area contributed by atoms with Gasteiger partial charge in [0.1, 0.15) is 0 Å². The van der Waals surface area contributed by atoms with Crippen LogP contribution in [0, 0.1) is 36.4 Å². The van der Waals surface area contributed by atoms with Gasteiger partial charge in [-0.1, -0.05) is 175 Å². The molecule has 8 heteroatoms. The molecule has 6 nitrogen and oxygen atoms in total. The van der Waals surface area contributed by atoms with Crippen LogP contribution in [0.5, 0.6) is 0 Å². The molecule has 0 bridgehead atoms. The summed E-state index contributed by atoms with van der Waals surface area (Å²) in [5, 5.41) is 0. The molecule has 0 saturated carbocycles. The third kappa shape index (κ3) is 14.1. The van der Waals surface area contributed by atoms with Crippen LogP contribution in [0.2, 0.25) is 0 Å². The van der Waals surface area contributed by atoms with Crippen LogP contribution in [0.1, 0.15) is 0 Å². The fourth-order valence-corrected chi connectivity index (χ4v) is 13.6. The quantitative estimate of drug-likeness (QED) is 0.0897. The van der Waals surface area contributed by atoms with Crippen LogP contribution in [-0.2, 0) is 40.2 Å². The molecule has 104 heavy (non-hydrogen) atoms. The molecule has 0 spiro atoms. The van der Waals surface area contributed by atoms with E-state index in [0.29, 0.717) is 11.4 Å². The number of pyridine rings is 6. The Labute approximate surface area is 633 Å². The average Bonchev–Trinajstić information content (AvgIpc) is 0.755. The zero-order valence-electron chi connectivity index (χ0n) is 55.8. The van der Waals surface area contributed by atoms with Crippen LogP contribution in [0.25, 0.3) is 179 Å². The van der Waals surface area contributed by atoms with Gasteiger partial charge in [-0.05, 0) is 183 Å². The van der Waals surface area contributed by atoms with Crippen LogP contribution < -0.4 is 0 Å². The zero-order valence-corrected chi connectivity index (χ0v) is 60.6. The maximum Gasteiger partial charge on any atom is 3.00 e. The van der Waals surface area contributed by atoms with Crippen LogP contribution >= 0.6 is 0 Å². The Morgan fingerprint density at radius 2 is 0.462 bits per heavy atom. The Hall–Kier alpha value is -12.4. The van der Waals surface area contributed by atoms with E-state index in [1.807, 2.05) is 140 Å². The van der Waals surface area contributed by atoms with E-state index in [4.69, 9.17) is 24.9 Å². The zero-order chi connectivity index (χ0) is 68.0. The summed E-state index contributed by atoms with van der Waals surface area (Å²) < 4.78 is 0. The fourth-order valence-electron chi connectivity index (χ4n) is 13.6. The van der Waals surface area contributed by atoms with Crippen molar-refractivity contribution >= 4 is 0 Å². The molecule has 6 heterocycles. The van der Waals surface area contributed by atoms with Crippen LogP contribution in [-0.4, -0.2) is 29.9 Å². The van der Waals surface area contributed by atoms with Crippen molar-refractivity contribution in [1.29, 1.82) is 0 Å². The molecular weight excluding hydrogens is 1620 g/mol. The van der Waals surface area contributed by atoms with Gasteiger partial charge >= 0.3 is 40.2 Å². The molecule has 0 amide bonds. The Morgan fingerprint density at radius 3 is 0.721 bits per heavy atom. The van der Waals surface area contributed by atoms with Crippen molar-refractivity contribution in [2.75, 3.05) is 0 Å². The first-order valence-electron chi connectivity index (χ1n) is 33.8. The van der Waals surface area contributed by atoms with E-state index >= 15 is 0 Å². The van der Waals surface area contributed by atoms with Crippen molar-refractivity contribution in [3.8, 4) is 179 Å². The Kier molecular flexibility index (Phi) is 20.0. The second-order valence-electron chi connectivity index (χ2n) is 24.8. The van der Waals surface area contributed by atoms with Crippen molar-refractivity contribution in [3.05, 3.63) is 389 Å². The van der Waals surface area contributed by atoms with Gasteiger partial charge < -0.3 is 29.9 Å². The van der Waals surface area contributed by atoms with Gasteiger partial charge in [0.05, 0.1) is 0 Å². The molecule has 0 radical (unpaired) electrons. The summed E-state index contributed by atoms with van der Waals surface area (Å²) in [6.07, 6.45) is 11.6. The fraction of sp³-hybridized carbons (Fsp3) is 0. The van der Waals surface area contributed by atoms with E-state index in [1.54, 1.807) is 6.20 Å². The van der Waals surface area contributed by atoms with Gasteiger partial charge in [-0.15, -0.1) is 161 Å². The smallest absolute Gasteiger partial charge is 0.357 e. The summed E-state index contributed by atoms with van der Waals surface area (Å²) in [7, 11) is 0. The van der Waals surface area contributed by atoms with Gasteiger partial charge in [-0.2, -0.15) is 12.1 Å². The third-order valence-corrected chi connectivity index (χ3v) is 18.6. The second-order valence-corrected chi connectivity index (χ2v) is 24.8. The van der Waals surface area contributed by atoms with Crippen molar-refractivity contribution < 1.29 is 40.2 Å². The van der Waals surface area contributed by atoms with Crippen molar-refractivity contribution in [2.24, 2.45) is 0 Å². The first-order chi connectivity index (χ1) is 50.6. The third-order valence-electron chi connectivity index (χ3n) is 18.6. The molecule has 6 aromatic heterocycles. The Morgan fingerprint density at radius 1 is 0.192 bits per heavy atom. The molecule has 0 aliphatic carbocycles. The molecule has 490 valence electrons. The van der Waals surface area contributed by atoms with E-state index in [1.165, 1.54) is 0 Å². The maximum atomic E-state index is 5.16. The molecule has 0 N–H and O–H groups in total. The molecular formula is C96H58Ir2N6. The standard InChI is InChI=1S/C96H58N6.2Ir/c1-5-24-65(25-6-1)90-48-43-69(60-98-90)80-32-13-17-36-84(80)74-54-75(85-37-18-14-33-81(85)70-44-49-91(99-61-70)66-26-7-2-8-27-66)57-78(56-74)88-40-23-41-89(96(88)73-47-52-95(102-64-73)94-42-21-22-53-97-94)79-58-76(86-38-19-15-34-82(86)71-45-50-92(100-62-71)67-28-9-3-10-29-67)55-77(59-79)87-39-20-16-35-83(87)72-46-51-93(101-63-72)68-30-11-4-12-31-68;;/h1-24,26,28,30,32-41,43-51,53-64H;;/q-6;2*+3. The number of hydrogen-bond donors (Lipinski definition) is 0. The van der Waals surface area contributed by atoms with E-state index in [0.717, 1.165) is 167 Å². The van der Waals surface area contributed by atoms with Crippen molar-refractivity contribution in [1.82, 2.24) is 29.9 Å². The molecule has 0 unspecified atom stereocenters. The normalized spacial score (nSPS) is 10.9. The topological polar surface area (TPSA) is 77.3 Å². The second kappa shape index (κ2) is 30.8. The number of aromatic nitrogens is 6. The van der Waals surface area contributed by atoms with Gasteiger partial charge in [0.2, 0.25) is 0 Å². The molecule has 17 rings (SSSR count). The van der Waals surface area contributed by atoms with E-state index < -0.39 is 0 Å². The van der Waals surface area contributed by atoms with Crippen molar-refractivity contribution in [3.63, 3.8) is 0 Å². The predicted molar refractivity (Wildman–Crippen MR) is 413 cm³/mol. The largest absolute Gasteiger partial charge is 3.00 e. The summed E-state index contributed by atoms with van der Waals surface area (Å²) in [6, 6.07) is 130. The molecule has 17 aromatic rings. The van der Waals surface area contributed by atoms with E-state index in [9.17, 15) is 0 Å². The summed E-state index contributed by atoms with van der Waals surface area (Å²) in [6.45, 7) is 0. The number of hydrogen-bond acceptors (Lipinski definition) is 6. The molecule has 0 fully saturated rings. The number of benzene rings is 11. The summed E-state index contributed by atoms with van der Waals surface area (Å²) >= 11 is 0. The number of rotatable bonds is 16. The minimum Gasteiger partial charge on any atom is -0.357 e. The summed E-state index contributed by atoms with van der Waals surface area (Å²) in [5.74, 6) is 0. The Balaban J connectivity index is 0.00000435. The minimum atomic E-state index is 0. The molecule has 11 aromatic carbocycles. The van der Waals surface area contributed by atoms with E-state index in [2.05, 4.69) is 248 Å². The SMILES string of the molecule is [Ir+3].[Ir+3].[c-]1ccccc1-c1ccc(-c2ccccc2-c2cc(-c3ccccc3-c3ccc(-c4[c-]cccc4)nc3)cc(-c3cccc(-c4cc(-c5ccccc5-c5ccc(-c6[c-]cccc6)nc5)cc(-c5ccccc5-c5ccc(-c6[c-]cccc6)nc5)c4)c3-c3c[c-]c(-c4[c-]cccn4)nc3)c2)cn1. The summed E-state index contributed by atoms with van der Waals surface area (Å²) in [5.41, 5.74) is 30.6. The minimum absolute atomic E-state index is 0. The van der Waals surface area contributed by atoms with E-state index in [-0.39, 0.29) is 40.2 Å². The van der Waals surface area contributed by atoms with Gasteiger partial charge in [0, 0.05) is 24.8 Å². The molecule has 0 aliphatic heterocycles. The van der Waals surface area contributed by atoms with Gasteiger partial charge in [-0.25, -0.2) is 12.1 Å². The first-order valence-corrected chi connectivity index (χ1v) is 33.8. The van der Waals surface area contributed by atoms with Gasteiger partial charge in [0.25, 0.3) is 0 Å². The first kappa shape index (κ1) is 67.4. The maximum absolute atomic E-state index is 5.16. The van der Waals surface area contributed by atoms with Crippen LogP contribution in [0.15, 0.2) is 353 Å². The van der Waals surface area contributed by atoms with Gasteiger partial charge in [-0.3, -0.25) is 0 Å². The predicted octanol–water partition coefficient (Wildman–Crippen LogP) is 23.5. The molecule has 0 atom stereocenters. The molecule has 0 saturated heterocycles. The Bertz CT molecular complexity index is 5200. The van der Waals surface area contributed by atoms with Crippen LogP contribution in [0.4, 0.5) is 0 Å². The number of nitrogens with zero attached hydrogens (tertiary/aromatic N) is 6. The summed E-state index contributed by atoms with van der Waals surface area (Å²) in [4.78, 5) is 29.9. The van der Waals surface area contributed by atoms with Crippen LogP contribution in [0.3, 0.4) is 0 Å². The monoisotopic (exact) mass is 1680 g/mol. The van der Waals surface area contributed by atoms with Gasteiger partial charge in [0.15, 0.2) is 0 Å². The average molecular weight is 1680 g/mol.